The molecule has 20 heavy (non-hydrogen) atoms. The topological polar surface area (TPSA) is 35.0 Å². The van der Waals surface area contributed by atoms with Crippen LogP contribution in [0.2, 0.25) is 5.28 Å². The summed E-state index contributed by atoms with van der Waals surface area (Å²) in [4.78, 5) is 7.34. The Labute approximate surface area is 122 Å². The monoisotopic (exact) mass is 294 g/mol. The highest BCUT2D eigenvalue weighted by Crippen LogP contribution is 2.35. The van der Waals surface area contributed by atoms with Crippen LogP contribution in [0.4, 0.5) is 4.39 Å². The number of hydrogen-bond acceptors (Lipinski definition) is 3. The normalized spacial score (nSPS) is 11.5. The van der Waals surface area contributed by atoms with Gasteiger partial charge in [-0.3, -0.25) is 0 Å². The molecule has 0 bridgehead atoms. The molecule has 0 aliphatic carbocycles. The molecule has 2 rings (SSSR count). The second-order valence-corrected chi connectivity index (χ2v) is 5.98. The van der Waals surface area contributed by atoms with Gasteiger partial charge in [-0.05, 0) is 30.0 Å². The van der Waals surface area contributed by atoms with E-state index < -0.39 is 5.82 Å². The molecule has 1 aromatic heterocycles. The number of halogens is 2. The van der Waals surface area contributed by atoms with E-state index in [-0.39, 0.29) is 16.6 Å². The molecule has 1 heterocycles. The Hall–Kier alpha value is -1.68. The summed E-state index contributed by atoms with van der Waals surface area (Å²) in [7, 11) is 0. The molecule has 0 N–H and O–H groups in total. The summed E-state index contributed by atoms with van der Waals surface area (Å²) in [5.41, 5.74) is 1.96. The number of benzene rings is 1. The predicted octanol–water partition coefficient (Wildman–Crippen LogP) is 4.67. The van der Waals surface area contributed by atoms with Gasteiger partial charge in [0.2, 0.25) is 11.1 Å². The van der Waals surface area contributed by atoms with Gasteiger partial charge in [-0.1, -0.05) is 38.5 Å². The Morgan fingerprint density at radius 2 is 1.95 bits per heavy atom. The van der Waals surface area contributed by atoms with Crippen LogP contribution in [0.5, 0.6) is 11.6 Å². The number of aryl methyl sites for hydroxylation is 1. The Bertz CT molecular complexity index is 638. The van der Waals surface area contributed by atoms with Crippen LogP contribution in [-0.2, 0) is 5.41 Å². The molecule has 0 aliphatic heterocycles. The lowest BCUT2D eigenvalue weighted by molar-refractivity contribution is 0.405. The molecule has 0 saturated carbocycles. The first-order valence-electron chi connectivity index (χ1n) is 6.24. The van der Waals surface area contributed by atoms with Gasteiger partial charge in [0.05, 0.1) is 6.20 Å². The highest BCUT2D eigenvalue weighted by atomic mass is 35.5. The van der Waals surface area contributed by atoms with E-state index in [1.54, 1.807) is 0 Å². The standard InChI is InChI=1S/C15H16ClFN2O/c1-9-5-6-12(10(7-9)15(2,3)4)20-13-11(17)8-18-14(16)19-13/h5-8H,1-4H3. The second-order valence-electron chi connectivity index (χ2n) is 5.64. The molecule has 3 nitrogen and oxygen atoms in total. The van der Waals surface area contributed by atoms with Crippen LogP contribution in [0.3, 0.4) is 0 Å². The van der Waals surface area contributed by atoms with Crippen molar-refractivity contribution in [2.75, 3.05) is 0 Å². The maximum atomic E-state index is 13.7. The van der Waals surface area contributed by atoms with Crippen LogP contribution in [0.1, 0.15) is 31.9 Å². The zero-order chi connectivity index (χ0) is 14.9. The van der Waals surface area contributed by atoms with Crippen molar-refractivity contribution in [3.05, 3.63) is 46.6 Å². The molecule has 0 saturated heterocycles. The van der Waals surface area contributed by atoms with Crippen molar-refractivity contribution in [2.45, 2.75) is 33.1 Å². The smallest absolute Gasteiger partial charge is 0.260 e. The lowest BCUT2D eigenvalue weighted by atomic mass is 9.85. The summed E-state index contributed by atoms with van der Waals surface area (Å²) in [6, 6.07) is 5.74. The van der Waals surface area contributed by atoms with Gasteiger partial charge in [0.1, 0.15) is 5.75 Å². The summed E-state index contributed by atoms with van der Waals surface area (Å²) < 4.78 is 19.2. The lowest BCUT2D eigenvalue weighted by Gasteiger charge is -2.23. The quantitative estimate of drug-likeness (QED) is 0.755. The molecular weight excluding hydrogens is 279 g/mol. The molecule has 0 unspecified atom stereocenters. The van der Waals surface area contributed by atoms with E-state index in [0.717, 1.165) is 17.3 Å². The Kier molecular flexibility index (Phi) is 3.95. The van der Waals surface area contributed by atoms with Gasteiger partial charge in [-0.25, -0.2) is 4.98 Å². The Balaban J connectivity index is 2.46. The van der Waals surface area contributed by atoms with Crippen molar-refractivity contribution in [3.63, 3.8) is 0 Å². The van der Waals surface area contributed by atoms with Gasteiger partial charge in [0.15, 0.2) is 0 Å². The maximum absolute atomic E-state index is 13.7. The van der Waals surface area contributed by atoms with Crippen molar-refractivity contribution < 1.29 is 9.13 Å². The van der Waals surface area contributed by atoms with Crippen LogP contribution >= 0.6 is 11.6 Å². The molecule has 1 aromatic carbocycles. The highest BCUT2D eigenvalue weighted by Gasteiger charge is 2.21. The first kappa shape index (κ1) is 14.7. The van der Waals surface area contributed by atoms with Crippen LogP contribution in [0.15, 0.2) is 24.4 Å². The summed E-state index contributed by atoms with van der Waals surface area (Å²) in [6.45, 7) is 8.20. The third kappa shape index (κ3) is 3.25. The third-order valence-corrected chi connectivity index (χ3v) is 3.01. The van der Waals surface area contributed by atoms with Gasteiger partial charge in [-0.15, -0.1) is 0 Å². The SMILES string of the molecule is Cc1ccc(Oc2nc(Cl)ncc2F)c(C(C)(C)C)c1. The summed E-state index contributed by atoms with van der Waals surface area (Å²) in [5, 5.41) is -0.0502. The maximum Gasteiger partial charge on any atom is 0.260 e. The van der Waals surface area contributed by atoms with Gasteiger partial charge in [-0.2, -0.15) is 9.37 Å². The van der Waals surface area contributed by atoms with Crippen molar-refractivity contribution >= 4 is 11.6 Å². The summed E-state index contributed by atoms with van der Waals surface area (Å²) in [6.07, 6.45) is 0.996. The van der Waals surface area contributed by atoms with E-state index >= 15 is 0 Å². The zero-order valence-corrected chi connectivity index (χ0v) is 12.6. The summed E-state index contributed by atoms with van der Waals surface area (Å²) in [5.74, 6) is -0.244. The average molecular weight is 295 g/mol. The van der Waals surface area contributed by atoms with Crippen molar-refractivity contribution in [3.8, 4) is 11.6 Å². The molecule has 0 aliphatic rings. The zero-order valence-electron chi connectivity index (χ0n) is 11.9. The fourth-order valence-electron chi connectivity index (χ4n) is 1.83. The fourth-order valence-corrected chi connectivity index (χ4v) is 1.95. The van der Waals surface area contributed by atoms with E-state index in [1.165, 1.54) is 0 Å². The average Bonchev–Trinajstić information content (AvgIpc) is 2.34. The largest absolute Gasteiger partial charge is 0.436 e. The molecule has 0 amide bonds. The fraction of sp³-hybridized carbons (Fsp3) is 0.333. The number of rotatable bonds is 2. The van der Waals surface area contributed by atoms with Crippen LogP contribution < -0.4 is 4.74 Å². The number of aromatic nitrogens is 2. The summed E-state index contributed by atoms with van der Waals surface area (Å²) >= 11 is 5.67. The second kappa shape index (κ2) is 5.37. The molecule has 2 aromatic rings. The molecule has 0 radical (unpaired) electrons. The minimum absolute atomic E-state index is 0.0502. The molecular formula is C15H16ClFN2O. The first-order chi connectivity index (χ1) is 9.27. The molecule has 0 fully saturated rings. The predicted molar refractivity (Wildman–Crippen MR) is 77.0 cm³/mol. The third-order valence-electron chi connectivity index (χ3n) is 2.83. The molecule has 0 spiro atoms. The van der Waals surface area contributed by atoms with E-state index in [1.807, 2.05) is 25.1 Å². The number of ether oxygens (including phenoxy) is 1. The van der Waals surface area contributed by atoms with E-state index in [4.69, 9.17) is 16.3 Å². The highest BCUT2D eigenvalue weighted by molar-refractivity contribution is 6.28. The van der Waals surface area contributed by atoms with Gasteiger partial charge in [0.25, 0.3) is 5.88 Å². The van der Waals surface area contributed by atoms with E-state index in [9.17, 15) is 4.39 Å². The molecule has 5 heteroatoms. The van der Waals surface area contributed by atoms with Crippen molar-refractivity contribution in [1.29, 1.82) is 0 Å². The van der Waals surface area contributed by atoms with E-state index in [2.05, 4.69) is 30.7 Å². The Morgan fingerprint density at radius 3 is 2.60 bits per heavy atom. The van der Waals surface area contributed by atoms with Gasteiger partial charge < -0.3 is 4.74 Å². The minimum Gasteiger partial charge on any atom is -0.436 e. The van der Waals surface area contributed by atoms with Crippen LogP contribution in [0, 0.1) is 12.7 Å². The first-order valence-corrected chi connectivity index (χ1v) is 6.62. The van der Waals surface area contributed by atoms with Crippen molar-refractivity contribution in [2.24, 2.45) is 0 Å². The number of nitrogens with zero attached hydrogens (tertiary/aromatic N) is 2. The van der Waals surface area contributed by atoms with Crippen LogP contribution in [-0.4, -0.2) is 9.97 Å². The van der Waals surface area contributed by atoms with Crippen molar-refractivity contribution in [1.82, 2.24) is 9.97 Å². The number of hydrogen-bond donors (Lipinski definition) is 0. The Morgan fingerprint density at radius 1 is 1.25 bits per heavy atom. The van der Waals surface area contributed by atoms with Crippen LogP contribution in [0.25, 0.3) is 0 Å². The van der Waals surface area contributed by atoms with Gasteiger partial charge in [0, 0.05) is 5.56 Å². The molecule has 106 valence electrons. The minimum atomic E-state index is -0.644. The van der Waals surface area contributed by atoms with Gasteiger partial charge >= 0.3 is 0 Å². The lowest BCUT2D eigenvalue weighted by Crippen LogP contribution is -2.13. The molecule has 0 atom stereocenters. The van der Waals surface area contributed by atoms with E-state index in [0.29, 0.717) is 5.75 Å².